The van der Waals surface area contributed by atoms with Crippen LogP contribution in [0.1, 0.15) is 49.7 Å². The first-order valence-electron chi connectivity index (χ1n) is 12.3. The number of methoxy groups -OCH3 is 1. The zero-order valence-corrected chi connectivity index (χ0v) is 21.8. The molecule has 198 valence electrons. The summed E-state index contributed by atoms with van der Waals surface area (Å²) in [6.07, 6.45) is 0.736. The van der Waals surface area contributed by atoms with E-state index in [0.717, 1.165) is 16.8 Å². The van der Waals surface area contributed by atoms with Gasteiger partial charge >= 0.3 is 11.9 Å². The second-order valence-corrected chi connectivity index (χ2v) is 9.59. The van der Waals surface area contributed by atoms with Crippen LogP contribution >= 0.6 is 0 Å². The van der Waals surface area contributed by atoms with Crippen molar-refractivity contribution in [2.24, 2.45) is 0 Å². The van der Waals surface area contributed by atoms with Gasteiger partial charge in [-0.2, -0.15) is 0 Å². The predicted molar refractivity (Wildman–Crippen MR) is 139 cm³/mol. The van der Waals surface area contributed by atoms with E-state index in [1.165, 1.54) is 19.1 Å². The van der Waals surface area contributed by atoms with Crippen molar-refractivity contribution in [1.82, 2.24) is 10.2 Å². The maximum absolute atomic E-state index is 13.1. The van der Waals surface area contributed by atoms with Crippen LogP contribution in [0.2, 0.25) is 0 Å². The van der Waals surface area contributed by atoms with E-state index in [-0.39, 0.29) is 18.4 Å². The van der Waals surface area contributed by atoms with Crippen molar-refractivity contribution in [3.8, 4) is 0 Å². The second-order valence-electron chi connectivity index (χ2n) is 9.59. The Morgan fingerprint density at radius 1 is 1.00 bits per heavy atom. The van der Waals surface area contributed by atoms with E-state index in [9.17, 15) is 19.2 Å². The summed E-state index contributed by atoms with van der Waals surface area (Å²) in [7, 11) is 2.80. The Bertz CT molecular complexity index is 1130. The van der Waals surface area contributed by atoms with Gasteiger partial charge in [0.05, 0.1) is 18.9 Å². The topological polar surface area (TPSA) is 116 Å². The lowest BCUT2D eigenvalue weighted by Crippen LogP contribution is -2.61. The maximum atomic E-state index is 13.1. The number of nitrogens with one attached hydrogen (secondary N) is 1. The zero-order valence-electron chi connectivity index (χ0n) is 21.8. The van der Waals surface area contributed by atoms with E-state index in [4.69, 9.17) is 9.84 Å². The van der Waals surface area contributed by atoms with Crippen LogP contribution < -0.4 is 10.2 Å². The molecule has 9 nitrogen and oxygen atoms in total. The van der Waals surface area contributed by atoms with Gasteiger partial charge in [-0.15, -0.1) is 0 Å². The fourth-order valence-corrected chi connectivity index (χ4v) is 4.70. The fourth-order valence-electron chi connectivity index (χ4n) is 4.70. The van der Waals surface area contributed by atoms with Gasteiger partial charge in [-0.3, -0.25) is 14.4 Å². The number of nitrogens with zero attached hydrogens (tertiary/aromatic N) is 2. The number of aliphatic carboxylic acids is 1. The first-order valence-corrected chi connectivity index (χ1v) is 12.3. The summed E-state index contributed by atoms with van der Waals surface area (Å²) in [5.41, 5.74) is 1.41. The number of hydrogen-bond donors (Lipinski definition) is 2. The molecule has 9 heteroatoms. The highest BCUT2D eigenvalue weighted by atomic mass is 16.5. The number of carbonyl (C=O) groups excluding carboxylic acids is 3. The third-order valence-corrected chi connectivity index (χ3v) is 7.10. The van der Waals surface area contributed by atoms with E-state index in [1.807, 2.05) is 61.5 Å². The number of ether oxygens (including phenoxy) is 1. The molecule has 0 saturated carbocycles. The molecule has 0 aliphatic carbocycles. The van der Waals surface area contributed by atoms with Gasteiger partial charge in [0.2, 0.25) is 11.8 Å². The van der Waals surface area contributed by atoms with Crippen LogP contribution in [0.5, 0.6) is 0 Å². The number of hydrogen-bond acceptors (Lipinski definition) is 6. The van der Waals surface area contributed by atoms with Crippen molar-refractivity contribution in [2.75, 3.05) is 38.7 Å². The maximum Gasteiger partial charge on any atom is 0.331 e. The first-order chi connectivity index (χ1) is 17.6. The Balaban J connectivity index is 1.72. The molecule has 0 bridgehead atoms. The Labute approximate surface area is 217 Å². The van der Waals surface area contributed by atoms with Crippen molar-refractivity contribution in [2.45, 2.75) is 44.1 Å². The van der Waals surface area contributed by atoms with Crippen molar-refractivity contribution >= 4 is 29.4 Å². The molecule has 1 aliphatic heterocycles. The van der Waals surface area contributed by atoms with Crippen molar-refractivity contribution < 1.29 is 29.0 Å². The number of anilines is 1. The summed E-state index contributed by atoms with van der Waals surface area (Å²) in [4.78, 5) is 52.9. The summed E-state index contributed by atoms with van der Waals surface area (Å²) in [5, 5.41) is 12.0. The van der Waals surface area contributed by atoms with Gasteiger partial charge in [0.15, 0.2) is 0 Å². The highest BCUT2D eigenvalue weighted by Crippen LogP contribution is 2.31. The van der Waals surface area contributed by atoms with Gasteiger partial charge in [-0.1, -0.05) is 42.5 Å². The summed E-state index contributed by atoms with van der Waals surface area (Å²) >= 11 is 0. The van der Waals surface area contributed by atoms with Gasteiger partial charge in [0.25, 0.3) is 0 Å². The highest BCUT2D eigenvalue weighted by molar-refractivity contribution is 5.91. The van der Waals surface area contributed by atoms with Gasteiger partial charge in [0, 0.05) is 25.8 Å². The molecule has 2 amide bonds. The molecule has 1 saturated heterocycles. The third kappa shape index (κ3) is 6.47. The number of carbonyl (C=O) groups is 4. The number of likely N-dealkylation sites (N-methyl/N-ethyl adjacent to an activating group) is 1. The predicted octanol–water partition coefficient (Wildman–Crippen LogP) is 2.77. The van der Waals surface area contributed by atoms with Crippen LogP contribution in [0, 0.1) is 0 Å². The van der Waals surface area contributed by atoms with Gasteiger partial charge in [-0.05, 0) is 49.9 Å². The van der Waals surface area contributed by atoms with Crippen molar-refractivity contribution in [3.63, 3.8) is 0 Å². The summed E-state index contributed by atoms with van der Waals surface area (Å²) in [6.45, 7) is 4.20. The minimum atomic E-state index is -1.12. The summed E-state index contributed by atoms with van der Waals surface area (Å²) in [6, 6.07) is 17.0. The number of carboxylic acids is 1. The molecule has 2 N–H and O–H groups in total. The van der Waals surface area contributed by atoms with Crippen LogP contribution in [0.15, 0.2) is 54.6 Å². The highest BCUT2D eigenvalue weighted by Gasteiger charge is 2.44. The van der Waals surface area contributed by atoms with Crippen LogP contribution in [0.4, 0.5) is 5.69 Å². The molecule has 3 rings (SSSR count). The molecular weight excluding hydrogens is 474 g/mol. The van der Waals surface area contributed by atoms with E-state index in [1.54, 1.807) is 6.92 Å². The molecule has 0 aromatic heterocycles. The molecule has 0 spiro atoms. The number of rotatable bonds is 9. The van der Waals surface area contributed by atoms with Crippen LogP contribution in [0.3, 0.4) is 0 Å². The van der Waals surface area contributed by atoms with E-state index in [0.29, 0.717) is 25.9 Å². The second kappa shape index (κ2) is 11.9. The standard InChI is InChI=1S/C28H35N3O6/c1-19(21-9-6-5-7-10-21)25(34)29-28(27(36)37-4)13-15-31(16-14-28)23-12-8-11-22(17-23)20(2)26(35)30(3)18-24(32)33/h5-12,17,19-20H,13-16,18H2,1-4H3,(H,29,34)(H,32,33). The lowest BCUT2D eigenvalue weighted by Gasteiger charge is -2.41. The van der Waals surface area contributed by atoms with Gasteiger partial charge < -0.3 is 25.0 Å². The average molecular weight is 510 g/mol. The van der Waals surface area contributed by atoms with E-state index >= 15 is 0 Å². The molecule has 2 aromatic rings. The molecule has 1 fully saturated rings. The smallest absolute Gasteiger partial charge is 0.331 e. The molecule has 2 aromatic carbocycles. The molecule has 2 atom stereocenters. The first kappa shape index (κ1) is 27.7. The minimum Gasteiger partial charge on any atom is -0.480 e. The Kier molecular flexibility index (Phi) is 8.91. The summed E-state index contributed by atoms with van der Waals surface area (Å²) < 4.78 is 5.09. The average Bonchev–Trinajstić information content (AvgIpc) is 2.91. The Morgan fingerprint density at radius 2 is 1.62 bits per heavy atom. The molecule has 2 unspecified atom stereocenters. The van der Waals surface area contributed by atoms with Gasteiger partial charge in [-0.25, -0.2) is 4.79 Å². The Hall–Kier alpha value is -3.88. The Morgan fingerprint density at radius 3 is 2.22 bits per heavy atom. The third-order valence-electron chi connectivity index (χ3n) is 7.10. The molecule has 0 radical (unpaired) electrons. The SMILES string of the molecule is COC(=O)C1(NC(=O)C(C)c2ccccc2)CCN(c2cccc(C(C)C(=O)N(C)CC(=O)O)c2)CC1. The number of benzene rings is 2. The lowest BCUT2D eigenvalue weighted by atomic mass is 9.85. The molecule has 37 heavy (non-hydrogen) atoms. The fraction of sp³-hybridized carbons (Fsp3) is 0.429. The van der Waals surface area contributed by atoms with E-state index in [2.05, 4.69) is 10.2 Å². The number of carboxylic acid groups (broad SMARTS) is 1. The normalized spacial score (nSPS) is 16.3. The molecular formula is C28H35N3O6. The summed E-state index contributed by atoms with van der Waals surface area (Å²) in [5.74, 6) is -2.97. The number of esters is 1. The van der Waals surface area contributed by atoms with Crippen LogP contribution in [0.25, 0.3) is 0 Å². The minimum absolute atomic E-state index is 0.232. The van der Waals surface area contributed by atoms with Gasteiger partial charge in [0.1, 0.15) is 12.1 Å². The number of piperidine rings is 1. The largest absolute Gasteiger partial charge is 0.480 e. The van der Waals surface area contributed by atoms with Crippen LogP contribution in [-0.2, 0) is 23.9 Å². The van der Waals surface area contributed by atoms with Crippen molar-refractivity contribution in [3.05, 3.63) is 65.7 Å². The zero-order chi connectivity index (χ0) is 27.2. The van der Waals surface area contributed by atoms with Crippen LogP contribution in [-0.4, -0.2) is 73.1 Å². The molecule has 1 heterocycles. The quantitative estimate of drug-likeness (QED) is 0.500. The number of amides is 2. The lowest BCUT2D eigenvalue weighted by molar-refractivity contribution is -0.152. The van der Waals surface area contributed by atoms with Crippen molar-refractivity contribution in [1.29, 1.82) is 0 Å². The van der Waals surface area contributed by atoms with E-state index < -0.39 is 29.3 Å². The monoisotopic (exact) mass is 509 g/mol. The molecule has 1 aliphatic rings.